The van der Waals surface area contributed by atoms with Crippen LogP contribution in [0.4, 0.5) is 0 Å². The van der Waals surface area contributed by atoms with Crippen LogP contribution in [0.1, 0.15) is 48.5 Å². The molecular weight excluding hydrogens is 600 g/mol. The van der Waals surface area contributed by atoms with Crippen LogP contribution < -0.4 is 0 Å². The van der Waals surface area contributed by atoms with Gasteiger partial charge >= 0.3 is 41.8 Å². The minimum Gasteiger partial charge on any atom is -0.463 e. The summed E-state index contributed by atoms with van der Waals surface area (Å²) < 4.78 is 53.7. The summed E-state index contributed by atoms with van der Waals surface area (Å²) in [6.07, 6.45) is -15.6. The maximum atomic E-state index is 12.1. The Kier molecular flexibility index (Phi) is 13.4. The Bertz CT molecular complexity index is 1090. The molecule has 0 aromatic heterocycles. The van der Waals surface area contributed by atoms with E-state index in [1.165, 1.54) is 0 Å². The van der Waals surface area contributed by atoms with Crippen LogP contribution >= 0.6 is 0 Å². The first-order valence-electron chi connectivity index (χ1n) is 13.3. The second kappa shape index (κ2) is 16.3. The zero-order valence-electron chi connectivity index (χ0n) is 25.1. The van der Waals surface area contributed by atoms with Gasteiger partial charge in [0.15, 0.2) is 49.2 Å². The summed E-state index contributed by atoms with van der Waals surface area (Å²) in [5.74, 6) is -5.94. The average Bonchev–Trinajstić information content (AvgIpc) is 2.87. The molecule has 0 bridgehead atoms. The van der Waals surface area contributed by atoms with Crippen LogP contribution in [0.25, 0.3) is 0 Å². The first kappa shape index (κ1) is 36.3. The predicted molar refractivity (Wildman–Crippen MR) is 135 cm³/mol. The second-order valence-electron chi connectivity index (χ2n) is 9.69. The molecule has 248 valence electrons. The van der Waals surface area contributed by atoms with Crippen molar-refractivity contribution in [2.24, 2.45) is 0 Å². The van der Waals surface area contributed by atoms with E-state index in [1.54, 1.807) is 0 Å². The van der Waals surface area contributed by atoms with Gasteiger partial charge in [0.25, 0.3) is 0 Å². The number of esters is 7. The molecule has 0 aliphatic carbocycles. The minimum absolute atomic E-state index is 0.523. The number of aliphatic hydroxyl groups excluding tert-OH is 1. The molecule has 18 nitrogen and oxygen atoms in total. The van der Waals surface area contributed by atoms with Crippen LogP contribution in [-0.2, 0) is 80.9 Å². The van der Waals surface area contributed by atoms with Crippen molar-refractivity contribution in [3.05, 3.63) is 0 Å². The predicted octanol–water partition coefficient (Wildman–Crippen LogP) is -1.40. The summed E-state index contributed by atoms with van der Waals surface area (Å²) >= 11 is 0. The number of aliphatic hydroxyl groups is 1. The van der Waals surface area contributed by atoms with E-state index in [0.29, 0.717) is 0 Å². The Hall–Kier alpha value is -3.87. The number of carbonyl (C=O) groups excluding carboxylic acids is 7. The van der Waals surface area contributed by atoms with Gasteiger partial charge in [0.05, 0.1) is 6.61 Å². The summed E-state index contributed by atoms with van der Waals surface area (Å²) in [7, 11) is 0. The molecule has 0 aromatic carbocycles. The number of rotatable bonds is 11. The lowest BCUT2D eigenvalue weighted by Gasteiger charge is -2.45. The molecule has 0 radical (unpaired) electrons. The van der Waals surface area contributed by atoms with Crippen molar-refractivity contribution in [2.45, 2.75) is 110 Å². The molecule has 1 N–H and O–H groups in total. The molecule has 2 aliphatic rings. The van der Waals surface area contributed by atoms with E-state index in [-0.39, 0.29) is 0 Å². The van der Waals surface area contributed by atoms with Crippen LogP contribution in [0.3, 0.4) is 0 Å². The first-order valence-corrected chi connectivity index (χ1v) is 13.3. The quantitative estimate of drug-likeness (QED) is 0.203. The largest absolute Gasteiger partial charge is 0.463 e. The highest BCUT2D eigenvalue weighted by molar-refractivity contribution is 5.69. The molecule has 44 heavy (non-hydrogen) atoms. The molecule has 10 atom stereocenters. The van der Waals surface area contributed by atoms with Crippen LogP contribution in [0.5, 0.6) is 0 Å². The SMILES string of the molecule is CC(=O)OC[C@H]1O[C@@H](OC[C@H]2O[C@@H](O)[C@H](OC(C)=O)[C@H](OC(C)=O)[C@@H]2OC(C)=O)[C@H](OC(C)=O)[C@H](OC(C)=O)[C@@H]1OC(C)=O. The van der Waals surface area contributed by atoms with Crippen molar-refractivity contribution < 1.29 is 86.0 Å². The van der Waals surface area contributed by atoms with Crippen LogP contribution in [0.2, 0.25) is 0 Å². The third-order valence-electron chi connectivity index (χ3n) is 5.89. The minimum atomic E-state index is -1.90. The van der Waals surface area contributed by atoms with Crippen molar-refractivity contribution in [3.63, 3.8) is 0 Å². The molecule has 0 amide bonds. The molecule has 2 rings (SSSR count). The fraction of sp³-hybridized carbons (Fsp3) is 0.731. The van der Waals surface area contributed by atoms with E-state index in [2.05, 4.69) is 0 Å². The Morgan fingerprint density at radius 2 is 0.841 bits per heavy atom. The van der Waals surface area contributed by atoms with Gasteiger partial charge in [-0.1, -0.05) is 0 Å². The normalized spacial score (nSPS) is 31.5. The zero-order valence-corrected chi connectivity index (χ0v) is 25.1. The third-order valence-corrected chi connectivity index (χ3v) is 5.89. The lowest BCUT2D eigenvalue weighted by atomic mass is 9.97. The highest BCUT2D eigenvalue weighted by Crippen LogP contribution is 2.32. The number of carbonyl (C=O) groups is 7. The maximum Gasteiger partial charge on any atom is 0.303 e. The lowest BCUT2D eigenvalue weighted by Crippen LogP contribution is -2.64. The summed E-state index contributed by atoms with van der Waals surface area (Å²) in [5, 5.41) is 10.6. The molecule has 0 spiro atoms. The van der Waals surface area contributed by atoms with E-state index < -0.39 is 116 Å². The highest BCUT2D eigenvalue weighted by Gasteiger charge is 2.55. The van der Waals surface area contributed by atoms with Gasteiger partial charge in [-0.3, -0.25) is 33.6 Å². The highest BCUT2D eigenvalue weighted by atomic mass is 16.7. The molecule has 2 saturated heterocycles. The van der Waals surface area contributed by atoms with Crippen LogP contribution in [0, 0.1) is 0 Å². The Labute approximate surface area is 251 Å². The standard InChI is InChI=1S/C26H36O18/c1-10(27)35-8-18-20(38-12(3)29)22(40-14(5)31)24(42-16(7)33)26(44-18)36-9-17-19(37-11(2)28)21(39-13(4)30)23(25(34)43-17)41-15(6)32/h17-26,34H,8-9H2,1-7H3/t17-,18-,19-,20-,21-,22-,23-,24-,25-,26-/m1/s1. The van der Waals surface area contributed by atoms with Gasteiger partial charge in [0.2, 0.25) is 0 Å². The Morgan fingerprint density at radius 3 is 1.27 bits per heavy atom. The monoisotopic (exact) mass is 636 g/mol. The second-order valence-corrected chi connectivity index (χ2v) is 9.69. The first-order chi connectivity index (χ1) is 20.5. The summed E-state index contributed by atoms with van der Waals surface area (Å²) in [6, 6.07) is 0. The van der Waals surface area contributed by atoms with Gasteiger partial charge in [-0.15, -0.1) is 0 Å². The smallest absolute Gasteiger partial charge is 0.303 e. The molecular formula is C26H36O18. The third kappa shape index (κ3) is 10.7. The van der Waals surface area contributed by atoms with Crippen molar-refractivity contribution in [1.82, 2.24) is 0 Å². The van der Waals surface area contributed by atoms with Gasteiger partial charge in [-0.05, 0) is 0 Å². The van der Waals surface area contributed by atoms with E-state index in [4.69, 9.17) is 47.4 Å². The molecule has 2 fully saturated rings. The van der Waals surface area contributed by atoms with Gasteiger partial charge in [-0.2, -0.15) is 0 Å². The van der Waals surface area contributed by atoms with E-state index >= 15 is 0 Å². The lowest BCUT2D eigenvalue weighted by molar-refractivity contribution is -0.330. The van der Waals surface area contributed by atoms with E-state index in [0.717, 1.165) is 48.5 Å². The van der Waals surface area contributed by atoms with Crippen LogP contribution in [-0.4, -0.2) is 122 Å². The topological polar surface area (TPSA) is 232 Å². The molecule has 18 heteroatoms. The van der Waals surface area contributed by atoms with Gasteiger partial charge in [0, 0.05) is 48.5 Å². The van der Waals surface area contributed by atoms with E-state index in [1.807, 2.05) is 0 Å². The van der Waals surface area contributed by atoms with Crippen molar-refractivity contribution >= 4 is 41.8 Å². The molecule has 2 aliphatic heterocycles. The van der Waals surface area contributed by atoms with E-state index in [9.17, 15) is 38.7 Å². The summed E-state index contributed by atoms with van der Waals surface area (Å²) in [5.41, 5.74) is 0. The van der Waals surface area contributed by atoms with Crippen molar-refractivity contribution in [1.29, 1.82) is 0 Å². The Morgan fingerprint density at radius 1 is 0.477 bits per heavy atom. The number of hydrogen-bond donors (Lipinski definition) is 1. The maximum absolute atomic E-state index is 12.1. The van der Waals surface area contributed by atoms with Crippen LogP contribution in [0.15, 0.2) is 0 Å². The summed E-state index contributed by atoms with van der Waals surface area (Å²) in [6.45, 7) is 6.15. The average molecular weight is 637 g/mol. The molecule has 0 aromatic rings. The molecule has 2 heterocycles. The van der Waals surface area contributed by atoms with Crippen molar-refractivity contribution in [2.75, 3.05) is 13.2 Å². The number of ether oxygens (including phenoxy) is 10. The Balaban J connectivity index is 2.48. The molecule has 0 unspecified atom stereocenters. The number of hydrogen-bond acceptors (Lipinski definition) is 18. The fourth-order valence-electron chi connectivity index (χ4n) is 4.52. The zero-order chi connectivity index (χ0) is 33.3. The van der Waals surface area contributed by atoms with Gasteiger partial charge < -0.3 is 52.5 Å². The fourth-order valence-corrected chi connectivity index (χ4v) is 4.52. The molecule has 0 saturated carbocycles. The van der Waals surface area contributed by atoms with Gasteiger partial charge in [0.1, 0.15) is 18.8 Å². The van der Waals surface area contributed by atoms with Crippen molar-refractivity contribution in [3.8, 4) is 0 Å². The summed E-state index contributed by atoms with van der Waals surface area (Å²) in [4.78, 5) is 83.0. The van der Waals surface area contributed by atoms with Gasteiger partial charge in [-0.25, -0.2) is 0 Å².